The first-order valence-corrected chi connectivity index (χ1v) is 8.33. The van der Waals surface area contributed by atoms with Crippen LogP contribution in [0.3, 0.4) is 0 Å². The van der Waals surface area contributed by atoms with Crippen molar-refractivity contribution in [2.45, 2.75) is 5.60 Å². The van der Waals surface area contributed by atoms with Crippen LogP contribution in [0.15, 0.2) is 59.2 Å². The second kappa shape index (κ2) is 5.40. The van der Waals surface area contributed by atoms with Gasteiger partial charge in [0.25, 0.3) is 0 Å². The molecule has 0 aromatic heterocycles. The summed E-state index contributed by atoms with van der Waals surface area (Å²) in [5, 5.41) is 0.348. The molecule has 0 saturated carbocycles. The van der Waals surface area contributed by atoms with Gasteiger partial charge in [-0.25, -0.2) is 9.59 Å². The third-order valence-electron chi connectivity index (χ3n) is 4.04. The van der Waals surface area contributed by atoms with Crippen LogP contribution >= 0.6 is 27.5 Å². The van der Waals surface area contributed by atoms with Gasteiger partial charge in [0.05, 0.1) is 10.6 Å². The van der Waals surface area contributed by atoms with Crippen LogP contribution in [-0.4, -0.2) is 22.7 Å². The van der Waals surface area contributed by atoms with Crippen molar-refractivity contribution in [3.8, 4) is 0 Å². The number of ether oxygens (including phenoxy) is 1. The van der Waals surface area contributed by atoms with Crippen molar-refractivity contribution >= 4 is 45.6 Å². The largest absolute Gasteiger partial charge is 0.435 e. The molecule has 1 spiro atoms. The summed E-state index contributed by atoms with van der Waals surface area (Å²) in [5.41, 5.74) is 0.568. The number of halogens is 2. The van der Waals surface area contributed by atoms with E-state index in [0.717, 1.165) is 10.0 Å². The van der Waals surface area contributed by atoms with Gasteiger partial charge < -0.3 is 4.74 Å². The fraction of sp³-hybridized carbons (Fsp3) is 0.0556. The Labute approximate surface area is 151 Å². The molecule has 0 radical (unpaired) electrons. The van der Waals surface area contributed by atoms with Crippen LogP contribution in [0.25, 0.3) is 0 Å². The van der Waals surface area contributed by atoms with Gasteiger partial charge in [0, 0.05) is 16.1 Å². The van der Waals surface area contributed by atoms with Crippen LogP contribution in [0, 0.1) is 0 Å². The van der Waals surface area contributed by atoms with Crippen LogP contribution in [-0.2, 0) is 10.3 Å². The fourth-order valence-electron chi connectivity index (χ4n) is 2.90. The van der Waals surface area contributed by atoms with Crippen molar-refractivity contribution in [3.05, 3.63) is 80.9 Å². The van der Waals surface area contributed by atoms with Gasteiger partial charge in [0.15, 0.2) is 6.20 Å². The third-order valence-corrected chi connectivity index (χ3v) is 4.85. The molecule has 118 valence electrons. The Bertz CT molecular complexity index is 966. The Balaban J connectivity index is 1.76. The number of fused-ring (bicyclic) bond motifs is 2. The molecule has 4 nitrogen and oxygen atoms in total. The summed E-state index contributed by atoms with van der Waals surface area (Å²) in [6, 6.07) is 12.2. The molecule has 2 aliphatic rings. The highest BCUT2D eigenvalue weighted by atomic mass is 79.9. The summed E-state index contributed by atoms with van der Waals surface area (Å²) >= 11 is 9.47. The molecule has 0 saturated heterocycles. The summed E-state index contributed by atoms with van der Waals surface area (Å²) < 4.78 is 7.72. The molecule has 6 heteroatoms. The number of hydrogen-bond donors (Lipinski definition) is 0. The van der Waals surface area contributed by atoms with E-state index in [4.69, 9.17) is 16.3 Å². The zero-order valence-electron chi connectivity index (χ0n) is 12.2. The number of benzene rings is 2. The number of rotatable bonds is 1. The molecule has 0 aliphatic carbocycles. The normalized spacial score (nSPS) is 20.9. The van der Waals surface area contributed by atoms with E-state index < -0.39 is 11.6 Å². The van der Waals surface area contributed by atoms with E-state index in [-0.39, 0.29) is 5.91 Å². The maximum atomic E-state index is 12.7. The third kappa shape index (κ3) is 2.24. The summed E-state index contributed by atoms with van der Waals surface area (Å²) in [4.78, 5) is 24.8. The van der Waals surface area contributed by atoms with Crippen LogP contribution < -0.4 is 0 Å². The molecule has 4 rings (SSSR count). The molecular weight excluding hydrogens is 394 g/mol. The average Bonchev–Trinajstić information content (AvgIpc) is 3.10. The Kier molecular flexibility index (Phi) is 3.44. The second-order valence-electron chi connectivity index (χ2n) is 5.51. The van der Waals surface area contributed by atoms with Gasteiger partial charge in [-0.3, -0.25) is 0 Å². The predicted octanol–water partition coefficient (Wildman–Crippen LogP) is 3.92. The highest BCUT2D eigenvalue weighted by Crippen LogP contribution is 2.38. The van der Waals surface area contributed by atoms with E-state index >= 15 is 0 Å². The van der Waals surface area contributed by atoms with Gasteiger partial charge in [0.1, 0.15) is 5.56 Å². The maximum Gasteiger partial charge on any atom is 0.426 e. The van der Waals surface area contributed by atoms with Gasteiger partial charge in [-0.05, 0) is 24.3 Å². The van der Waals surface area contributed by atoms with Crippen LogP contribution in [0.2, 0.25) is 5.02 Å². The molecular formula is C18H10BrClNO3+. The van der Waals surface area contributed by atoms with Crippen molar-refractivity contribution in [1.82, 2.24) is 0 Å². The molecule has 24 heavy (non-hydrogen) atoms. The van der Waals surface area contributed by atoms with Crippen molar-refractivity contribution < 1.29 is 18.9 Å². The molecule has 2 aromatic rings. The Morgan fingerprint density at radius 3 is 2.79 bits per heavy atom. The van der Waals surface area contributed by atoms with Gasteiger partial charge in [-0.15, -0.1) is 4.58 Å². The Morgan fingerprint density at radius 2 is 2.00 bits per heavy atom. The Morgan fingerprint density at radius 1 is 1.21 bits per heavy atom. The summed E-state index contributed by atoms with van der Waals surface area (Å²) in [6.45, 7) is 0. The molecule has 2 heterocycles. The van der Waals surface area contributed by atoms with Gasteiger partial charge in [-0.2, -0.15) is 0 Å². The number of carbonyl (C=O) groups is 2. The smallest absolute Gasteiger partial charge is 0.426 e. The monoisotopic (exact) mass is 402 g/mol. The SMILES string of the molecule is O=C1OC2(C=C[N+](C(=O)c3ccc(Br)cc3Cl)=C2)c2ccccc21. The van der Waals surface area contributed by atoms with Gasteiger partial charge in [0.2, 0.25) is 11.8 Å². The molecule has 0 bridgehead atoms. The van der Waals surface area contributed by atoms with Crippen molar-refractivity contribution in [2.75, 3.05) is 0 Å². The zero-order valence-corrected chi connectivity index (χ0v) is 14.5. The second-order valence-corrected chi connectivity index (χ2v) is 6.83. The van der Waals surface area contributed by atoms with E-state index in [2.05, 4.69) is 15.9 Å². The minimum Gasteiger partial charge on any atom is -0.435 e. The molecule has 2 aliphatic heterocycles. The molecule has 1 amide bonds. The van der Waals surface area contributed by atoms with Crippen molar-refractivity contribution in [2.24, 2.45) is 0 Å². The van der Waals surface area contributed by atoms with Gasteiger partial charge >= 0.3 is 11.9 Å². The Hall–Kier alpha value is -2.24. The number of esters is 1. The lowest BCUT2D eigenvalue weighted by Crippen LogP contribution is -2.27. The summed E-state index contributed by atoms with van der Waals surface area (Å²) in [5.74, 6) is -0.691. The van der Waals surface area contributed by atoms with Crippen molar-refractivity contribution in [3.63, 3.8) is 0 Å². The van der Waals surface area contributed by atoms with Gasteiger partial charge in [-0.1, -0.05) is 45.7 Å². The first-order chi connectivity index (χ1) is 11.5. The molecule has 0 fully saturated rings. The minimum absolute atomic E-state index is 0.291. The van der Waals surface area contributed by atoms with Crippen LogP contribution in [0.5, 0.6) is 0 Å². The molecule has 1 unspecified atom stereocenters. The molecule has 1 atom stereocenters. The lowest BCUT2D eigenvalue weighted by Gasteiger charge is -2.13. The zero-order chi connectivity index (χ0) is 16.9. The first-order valence-electron chi connectivity index (χ1n) is 7.16. The standard InChI is InChI=1S/C18H10BrClNO3/c19-11-5-6-13(15(20)9-11)16(22)21-8-7-18(10-21)14-4-2-1-3-12(14)17(23)24-18/h1-10H/q+1. The number of carbonyl (C=O) groups excluding carboxylic acids is 2. The maximum absolute atomic E-state index is 12.7. The lowest BCUT2D eigenvalue weighted by atomic mass is 9.94. The van der Waals surface area contributed by atoms with E-state index in [9.17, 15) is 9.59 Å². The van der Waals surface area contributed by atoms with E-state index in [1.54, 1.807) is 48.8 Å². The topological polar surface area (TPSA) is 46.4 Å². The summed E-state index contributed by atoms with van der Waals surface area (Å²) in [6.07, 6.45) is 4.88. The van der Waals surface area contributed by atoms with Crippen LogP contribution in [0.1, 0.15) is 26.3 Å². The van der Waals surface area contributed by atoms with E-state index in [1.807, 2.05) is 12.1 Å². The highest BCUT2D eigenvalue weighted by molar-refractivity contribution is 9.10. The summed E-state index contributed by atoms with van der Waals surface area (Å²) in [7, 11) is 0. The first kappa shape index (κ1) is 15.3. The lowest BCUT2D eigenvalue weighted by molar-refractivity contribution is -0.345. The average molecular weight is 404 g/mol. The quantitative estimate of drug-likeness (QED) is 0.535. The number of hydrogen-bond acceptors (Lipinski definition) is 3. The van der Waals surface area contributed by atoms with E-state index in [0.29, 0.717) is 16.1 Å². The number of nitrogens with zero attached hydrogens (tertiary/aromatic N) is 1. The molecule has 2 aromatic carbocycles. The van der Waals surface area contributed by atoms with E-state index in [1.165, 1.54) is 4.58 Å². The minimum atomic E-state index is -1.04. The number of amides is 1. The van der Waals surface area contributed by atoms with Crippen molar-refractivity contribution in [1.29, 1.82) is 0 Å². The highest BCUT2D eigenvalue weighted by Gasteiger charge is 2.49. The molecule has 0 N–H and O–H groups in total. The fourth-order valence-corrected chi connectivity index (χ4v) is 3.65. The predicted molar refractivity (Wildman–Crippen MR) is 92.5 cm³/mol. The van der Waals surface area contributed by atoms with Crippen LogP contribution in [0.4, 0.5) is 0 Å².